The highest BCUT2D eigenvalue weighted by molar-refractivity contribution is 5.85. The summed E-state index contributed by atoms with van der Waals surface area (Å²) in [5.41, 5.74) is 0. The Morgan fingerprint density at radius 1 is 1.40 bits per heavy atom. The van der Waals surface area contributed by atoms with Crippen molar-refractivity contribution >= 4 is 30.7 Å². The van der Waals surface area contributed by atoms with Gasteiger partial charge >= 0.3 is 0 Å². The van der Waals surface area contributed by atoms with Gasteiger partial charge in [-0.25, -0.2) is 0 Å². The van der Waals surface area contributed by atoms with Gasteiger partial charge in [0.1, 0.15) is 0 Å². The summed E-state index contributed by atoms with van der Waals surface area (Å²) in [4.78, 5) is 14.2. The van der Waals surface area contributed by atoms with Crippen LogP contribution < -0.4 is 10.6 Å². The fourth-order valence-corrected chi connectivity index (χ4v) is 2.42. The lowest BCUT2D eigenvalue weighted by Gasteiger charge is -2.24. The largest absolute Gasteiger partial charge is 0.378 e. The summed E-state index contributed by atoms with van der Waals surface area (Å²) < 4.78 is 5.33. The molecule has 2 aliphatic rings. The molecule has 1 amide bonds. The highest BCUT2D eigenvalue weighted by Crippen LogP contribution is 2.25. The molecule has 1 saturated carbocycles. The van der Waals surface area contributed by atoms with E-state index in [9.17, 15) is 4.79 Å². The Labute approximate surface area is 134 Å². The van der Waals surface area contributed by atoms with E-state index in [1.165, 1.54) is 12.8 Å². The van der Waals surface area contributed by atoms with Crippen molar-refractivity contribution in [3.63, 3.8) is 0 Å². The summed E-state index contributed by atoms with van der Waals surface area (Å²) in [5, 5.41) is 6.29. The quantitative estimate of drug-likeness (QED) is 0.726. The number of carbonyl (C=O) groups excluding carboxylic acids is 1. The van der Waals surface area contributed by atoms with Crippen molar-refractivity contribution in [2.75, 3.05) is 39.4 Å². The number of halogens is 2. The number of rotatable bonds is 7. The molecule has 1 unspecified atom stereocenters. The number of carbonyl (C=O) groups is 1. The number of likely N-dealkylation sites (N-methyl/N-ethyl adjacent to an activating group) is 1. The summed E-state index contributed by atoms with van der Waals surface area (Å²) in [7, 11) is 0. The Hall–Kier alpha value is -0.0700. The van der Waals surface area contributed by atoms with Crippen molar-refractivity contribution in [3.05, 3.63) is 0 Å². The molecule has 7 heteroatoms. The molecule has 0 radical (unpaired) electrons. The SMILES string of the molecule is CCN(CCNC(=O)CC1COCCN1)C1CC1.Cl.Cl. The smallest absolute Gasteiger partial charge is 0.221 e. The predicted octanol–water partition coefficient (Wildman–Crippen LogP) is 0.809. The average molecular weight is 328 g/mol. The van der Waals surface area contributed by atoms with Gasteiger partial charge in [-0.05, 0) is 19.4 Å². The molecule has 0 aromatic carbocycles. The van der Waals surface area contributed by atoms with Crippen LogP contribution in [-0.4, -0.2) is 62.3 Å². The fourth-order valence-electron chi connectivity index (χ4n) is 2.42. The Morgan fingerprint density at radius 3 is 2.70 bits per heavy atom. The van der Waals surface area contributed by atoms with Gasteiger partial charge in [0, 0.05) is 38.1 Å². The zero-order valence-electron chi connectivity index (χ0n) is 12.1. The van der Waals surface area contributed by atoms with E-state index in [0.717, 1.165) is 38.8 Å². The van der Waals surface area contributed by atoms with Gasteiger partial charge in [-0.15, -0.1) is 24.8 Å². The third kappa shape index (κ3) is 7.09. The van der Waals surface area contributed by atoms with Crippen molar-refractivity contribution in [1.82, 2.24) is 15.5 Å². The molecule has 5 nitrogen and oxygen atoms in total. The van der Waals surface area contributed by atoms with E-state index in [1.807, 2.05) is 0 Å². The van der Waals surface area contributed by atoms with Crippen molar-refractivity contribution in [1.29, 1.82) is 0 Å². The second-order valence-corrected chi connectivity index (χ2v) is 5.14. The molecule has 20 heavy (non-hydrogen) atoms. The summed E-state index contributed by atoms with van der Waals surface area (Å²) in [6.45, 7) is 7.25. The average Bonchev–Trinajstić information content (AvgIpc) is 3.20. The van der Waals surface area contributed by atoms with Crippen LogP contribution in [-0.2, 0) is 9.53 Å². The minimum absolute atomic E-state index is 0. The van der Waals surface area contributed by atoms with Gasteiger partial charge in [-0.2, -0.15) is 0 Å². The van der Waals surface area contributed by atoms with E-state index in [1.54, 1.807) is 0 Å². The fraction of sp³-hybridized carbons (Fsp3) is 0.923. The van der Waals surface area contributed by atoms with Gasteiger partial charge in [0.15, 0.2) is 0 Å². The molecule has 2 N–H and O–H groups in total. The van der Waals surface area contributed by atoms with Crippen molar-refractivity contribution in [2.45, 2.75) is 38.3 Å². The molecular weight excluding hydrogens is 301 g/mol. The van der Waals surface area contributed by atoms with Crippen molar-refractivity contribution < 1.29 is 9.53 Å². The van der Waals surface area contributed by atoms with Crippen LogP contribution in [0.5, 0.6) is 0 Å². The van der Waals surface area contributed by atoms with Gasteiger partial charge in [0.25, 0.3) is 0 Å². The molecule has 0 bridgehead atoms. The van der Waals surface area contributed by atoms with Gasteiger partial charge in [-0.1, -0.05) is 6.92 Å². The highest BCUT2D eigenvalue weighted by Gasteiger charge is 2.27. The highest BCUT2D eigenvalue weighted by atomic mass is 35.5. The van der Waals surface area contributed by atoms with Gasteiger partial charge in [0.2, 0.25) is 5.91 Å². The Balaban J connectivity index is 0.00000180. The minimum atomic E-state index is 0. The van der Waals surface area contributed by atoms with Crippen LogP contribution in [0.25, 0.3) is 0 Å². The van der Waals surface area contributed by atoms with Crippen LogP contribution in [0.4, 0.5) is 0 Å². The third-order valence-corrected chi connectivity index (χ3v) is 3.62. The molecule has 0 aromatic heterocycles. The first-order valence-electron chi connectivity index (χ1n) is 7.11. The van der Waals surface area contributed by atoms with Crippen LogP contribution in [0.1, 0.15) is 26.2 Å². The molecule has 2 rings (SSSR count). The van der Waals surface area contributed by atoms with Crippen LogP contribution in [0.3, 0.4) is 0 Å². The lowest BCUT2D eigenvalue weighted by atomic mass is 10.2. The molecule has 1 aliphatic carbocycles. The molecule has 0 aromatic rings. The summed E-state index contributed by atoms with van der Waals surface area (Å²) in [6, 6.07) is 0.963. The molecule has 120 valence electrons. The Kier molecular flexibility index (Phi) is 10.6. The van der Waals surface area contributed by atoms with Gasteiger partial charge in [-0.3, -0.25) is 9.69 Å². The number of nitrogens with zero attached hydrogens (tertiary/aromatic N) is 1. The van der Waals surface area contributed by atoms with Crippen LogP contribution >= 0.6 is 24.8 Å². The summed E-state index contributed by atoms with van der Waals surface area (Å²) >= 11 is 0. The second-order valence-electron chi connectivity index (χ2n) is 5.14. The first-order chi connectivity index (χ1) is 8.79. The summed E-state index contributed by atoms with van der Waals surface area (Å²) in [6.07, 6.45) is 3.17. The monoisotopic (exact) mass is 327 g/mol. The van der Waals surface area contributed by atoms with E-state index < -0.39 is 0 Å². The van der Waals surface area contributed by atoms with Crippen LogP contribution in [0, 0.1) is 0 Å². The maximum atomic E-state index is 11.7. The van der Waals surface area contributed by atoms with E-state index in [-0.39, 0.29) is 36.8 Å². The van der Waals surface area contributed by atoms with Gasteiger partial charge < -0.3 is 15.4 Å². The van der Waals surface area contributed by atoms with Crippen molar-refractivity contribution in [2.24, 2.45) is 0 Å². The van der Waals surface area contributed by atoms with Crippen LogP contribution in [0.2, 0.25) is 0 Å². The molecule has 0 spiro atoms. The summed E-state index contributed by atoms with van der Waals surface area (Å²) in [5.74, 6) is 0.129. The standard InChI is InChI=1S/C13H25N3O2.2ClH/c1-2-16(12-3-4-12)7-5-15-13(17)9-11-10-18-8-6-14-11;;/h11-12,14H,2-10H2,1H3,(H,15,17);2*1H. The number of nitrogens with one attached hydrogen (secondary N) is 2. The maximum absolute atomic E-state index is 11.7. The predicted molar refractivity (Wildman–Crippen MR) is 85.0 cm³/mol. The van der Waals surface area contributed by atoms with Gasteiger partial charge in [0.05, 0.1) is 13.2 Å². The lowest BCUT2D eigenvalue weighted by molar-refractivity contribution is -0.122. The molecule has 1 atom stereocenters. The molecule has 2 fully saturated rings. The Bertz CT molecular complexity index is 272. The molecular formula is C13H27Cl2N3O2. The maximum Gasteiger partial charge on any atom is 0.221 e. The number of hydrogen-bond donors (Lipinski definition) is 2. The third-order valence-electron chi connectivity index (χ3n) is 3.62. The van der Waals surface area contributed by atoms with E-state index in [4.69, 9.17) is 4.74 Å². The first-order valence-corrected chi connectivity index (χ1v) is 7.11. The molecule has 1 saturated heterocycles. The Morgan fingerprint density at radius 2 is 2.15 bits per heavy atom. The first kappa shape index (κ1) is 19.9. The minimum Gasteiger partial charge on any atom is -0.378 e. The zero-order valence-corrected chi connectivity index (χ0v) is 13.7. The number of ether oxygens (including phenoxy) is 1. The number of hydrogen-bond acceptors (Lipinski definition) is 4. The normalized spacial score (nSPS) is 21.8. The van der Waals surface area contributed by atoms with E-state index >= 15 is 0 Å². The number of morpholine rings is 1. The zero-order chi connectivity index (χ0) is 12.8. The molecule has 1 aliphatic heterocycles. The second kappa shape index (κ2) is 10.6. The van der Waals surface area contributed by atoms with E-state index in [2.05, 4.69) is 22.5 Å². The molecule has 1 heterocycles. The van der Waals surface area contributed by atoms with Crippen molar-refractivity contribution in [3.8, 4) is 0 Å². The topological polar surface area (TPSA) is 53.6 Å². The van der Waals surface area contributed by atoms with E-state index in [0.29, 0.717) is 13.0 Å². The lowest BCUT2D eigenvalue weighted by Crippen LogP contribution is -2.45. The van der Waals surface area contributed by atoms with Crippen LogP contribution in [0.15, 0.2) is 0 Å². The number of amides is 1.